The molecule has 2 aromatic heterocycles. The van der Waals surface area contributed by atoms with Crippen LogP contribution in [0, 0.1) is 0 Å². The number of amides is 1. The Kier molecular flexibility index (Phi) is 4.42. The first-order valence-electron chi connectivity index (χ1n) is 7.12. The molecule has 128 valence electrons. The van der Waals surface area contributed by atoms with E-state index in [1.54, 1.807) is 12.1 Å². The number of benzene rings is 1. The van der Waals surface area contributed by atoms with Gasteiger partial charge < -0.3 is 14.6 Å². The van der Waals surface area contributed by atoms with Gasteiger partial charge in [-0.3, -0.25) is 24.3 Å². The number of hydrogen-bond donors (Lipinski definition) is 2. The van der Waals surface area contributed by atoms with E-state index in [1.165, 1.54) is 24.5 Å². The lowest BCUT2D eigenvalue weighted by atomic mass is 10.2. The molecule has 0 bridgehead atoms. The van der Waals surface area contributed by atoms with Crippen LogP contribution in [0.2, 0.25) is 0 Å². The third-order valence-corrected chi connectivity index (χ3v) is 3.24. The Morgan fingerprint density at radius 3 is 2.68 bits per heavy atom. The van der Waals surface area contributed by atoms with Crippen molar-refractivity contribution in [1.29, 1.82) is 0 Å². The summed E-state index contributed by atoms with van der Waals surface area (Å²) >= 11 is 0. The maximum Gasteiger partial charge on any atom is 0.328 e. The summed E-state index contributed by atoms with van der Waals surface area (Å²) in [5.74, 6) is -1.30. The molecule has 0 radical (unpaired) electrons. The largest absolute Gasteiger partial charge is 0.454 e. The van der Waals surface area contributed by atoms with Crippen molar-refractivity contribution in [2.45, 2.75) is 6.54 Å². The fourth-order valence-electron chi connectivity index (χ4n) is 2.13. The van der Waals surface area contributed by atoms with Crippen molar-refractivity contribution < 1.29 is 18.8 Å². The van der Waals surface area contributed by atoms with E-state index in [0.717, 1.165) is 4.68 Å². The minimum atomic E-state index is -0.858. The van der Waals surface area contributed by atoms with E-state index in [4.69, 9.17) is 4.74 Å². The van der Waals surface area contributed by atoms with Gasteiger partial charge in [0.15, 0.2) is 12.4 Å². The molecule has 2 heterocycles. The Labute approximate surface area is 139 Å². The molecule has 0 unspecified atom stereocenters. The Morgan fingerprint density at radius 1 is 1.20 bits per heavy atom. The number of ether oxygens (including phenoxy) is 1. The van der Waals surface area contributed by atoms with Gasteiger partial charge in [-0.05, 0) is 12.1 Å². The molecule has 3 aromatic rings. The van der Waals surface area contributed by atoms with Crippen molar-refractivity contribution in [3.05, 3.63) is 57.3 Å². The maximum atomic E-state index is 12.3. The molecule has 10 nitrogen and oxygen atoms in total. The molecule has 0 aliphatic heterocycles. The molecule has 2 N–H and O–H groups in total. The fraction of sp³-hybridized carbons (Fsp3) is 0.133. The summed E-state index contributed by atoms with van der Waals surface area (Å²) in [5, 5.41) is 8.51. The van der Waals surface area contributed by atoms with Gasteiger partial charge in [0.1, 0.15) is 12.8 Å². The van der Waals surface area contributed by atoms with Gasteiger partial charge >= 0.3 is 5.97 Å². The first-order valence-corrected chi connectivity index (χ1v) is 7.12. The highest BCUT2D eigenvalue weighted by molar-refractivity contribution is 5.91. The number of esters is 1. The Balaban J connectivity index is 1.66. The molecule has 10 heteroatoms. The van der Waals surface area contributed by atoms with E-state index in [-0.39, 0.29) is 16.6 Å². The second kappa shape index (κ2) is 6.83. The molecular weight excluding hydrogens is 332 g/mol. The van der Waals surface area contributed by atoms with Crippen LogP contribution in [-0.4, -0.2) is 33.4 Å². The number of H-pyrrole nitrogens is 1. The number of aromatic nitrogens is 3. The molecule has 1 aromatic carbocycles. The minimum Gasteiger partial charge on any atom is -0.454 e. The molecule has 0 saturated carbocycles. The van der Waals surface area contributed by atoms with Crippen LogP contribution in [0.5, 0.6) is 0 Å². The number of fused-ring (bicyclic) bond motifs is 1. The average molecular weight is 344 g/mol. The number of nitrogens with one attached hydrogen (secondary N) is 2. The van der Waals surface area contributed by atoms with Gasteiger partial charge in [-0.15, -0.1) is 0 Å². The van der Waals surface area contributed by atoms with E-state index in [0.29, 0.717) is 0 Å². The first kappa shape index (κ1) is 16.2. The van der Waals surface area contributed by atoms with Crippen LogP contribution in [0.25, 0.3) is 10.8 Å². The quantitative estimate of drug-likeness (QED) is 0.615. The van der Waals surface area contributed by atoms with Crippen molar-refractivity contribution in [1.82, 2.24) is 14.9 Å². The van der Waals surface area contributed by atoms with E-state index >= 15 is 0 Å². The van der Waals surface area contributed by atoms with Crippen LogP contribution in [-0.2, 0) is 20.9 Å². The van der Waals surface area contributed by atoms with Crippen LogP contribution >= 0.6 is 0 Å². The van der Waals surface area contributed by atoms with Gasteiger partial charge in [0.05, 0.1) is 10.8 Å². The van der Waals surface area contributed by atoms with Gasteiger partial charge in [0.25, 0.3) is 17.0 Å². The zero-order valence-electron chi connectivity index (χ0n) is 12.7. The second-order valence-electron chi connectivity index (χ2n) is 4.97. The lowest BCUT2D eigenvalue weighted by Crippen LogP contribution is -2.33. The number of carbonyl (C=O) groups excluding carboxylic acids is 2. The van der Waals surface area contributed by atoms with Crippen molar-refractivity contribution in [2.24, 2.45) is 0 Å². The summed E-state index contributed by atoms with van der Waals surface area (Å²) in [5.41, 5.74) is -1.05. The normalized spacial score (nSPS) is 10.6. The van der Waals surface area contributed by atoms with E-state index in [9.17, 15) is 19.2 Å². The minimum absolute atomic E-state index is 0.177. The summed E-state index contributed by atoms with van der Waals surface area (Å²) in [6.07, 6.45) is 1.27. The second-order valence-corrected chi connectivity index (χ2v) is 4.97. The lowest BCUT2D eigenvalue weighted by Gasteiger charge is -2.07. The standard InChI is InChI=1S/C15H12N4O6/c20-12(16-11-5-6-25-18-11)8-24-13(21)7-19-15(23)10-4-2-1-3-9(10)14(22)17-19/h1-6H,7-8H2,(H,17,22)(H,16,18,20). The monoisotopic (exact) mass is 344 g/mol. The zero-order chi connectivity index (χ0) is 17.8. The van der Waals surface area contributed by atoms with Gasteiger partial charge in [0.2, 0.25) is 0 Å². The number of hydrogen-bond acceptors (Lipinski definition) is 7. The smallest absolute Gasteiger partial charge is 0.328 e. The number of nitrogens with zero attached hydrogens (tertiary/aromatic N) is 2. The molecule has 0 aliphatic carbocycles. The third kappa shape index (κ3) is 3.63. The maximum absolute atomic E-state index is 12.3. The van der Waals surface area contributed by atoms with Crippen LogP contribution in [0.3, 0.4) is 0 Å². The molecule has 1 amide bonds. The van der Waals surface area contributed by atoms with Crippen LogP contribution in [0.15, 0.2) is 50.7 Å². The Hall–Kier alpha value is -3.69. The van der Waals surface area contributed by atoms with Crippen LogP contribution in [0.4, 0.5) is 5.82 Å². The fourth-order valence-corrected chi connectivity index (χ4v) is 2.13. The Bertz CT molecular complexity index is 1030. The summed E-state index contributed by atoms with van der Waals surface area (Å²) in [6, 6.07) is 7.65. The third-order valence-electron chi connectivity index (χ3n) is 3.24. The highest BCUT2D eigenvalue weighted by Crippen LogP contribution is 2.03. The van der Waals surface area contributed by atoms with Crippen molar-refractivity contribution in [2.75, 3.05) is 11.9 Å². The van der Waals surface area contributed by atoms with Gasteiger partial charge in [-0.2, -0.15) is 0 Å². The summed E-state index contributed by atoms with van der Waals surface area (Å²) < 4.78 is 10.1. The highest BCUT2D eigenvalue weighted by Gasteiger charge is 2.13. The van der Waals surface area contributed by atoms with Gasteiger partial charge in [0, 0.05) is 6.07 Å². The molecule has 0 spiro atoms. The SMILES string of the molecule is O=C(COC(=O)Cn1[nH]c(=O)c2ccccc2c1=O)Nc1ccon1. The summed E-state index contributed by atoms with van der Waals surface area (Å²) in [6.45, 7) is -1.10. The molecular formula is C15H12N4O6. The summed E-state index contributed by atoms with van der Waals surface area (Å²) in [4.78, 5) is 47.6. The predicted molar refractivity (Wildman–Crippen MR) is 84.9 cm³/mol. The van der Waals surface area contributed by atoms with Crippen molar-refractivity contribution in [3.63, 3.8) is 0 Å². The zero-order valence-corrected chi connectivity index (χ0v) is 12.7. The van der Waals surface area contributed by atoms with Crippen LogP contribution < -0.4 is 16.4 Å². The number of aromatic amines is 1. The van der Waals surface area contributed by atoms with Crippen LogP contribution in [0.1, 0.15) is 0 Å². The molecule has 0 atom stereocenters. The van der Waals surface area contributed by atoms with E-state index in [2.05, 4.69) is 20.1 Å². The molecule has 25 heavy (non-hydrogen) atoms. The molecule has 0 saturated heterocycles. The Morgan fingerprint density at radius 2 is 1.96 bits per heavy atom. The van der Waals surface area contributed by atoms with Gasteiger partial charge in [-0.25, -0.2) is 4.68 Å². The topological polar surface area (TPSA) is 136 Å². The molecule has 0 fully saturated rings. The highest BCUT2D eigenvalue weighted by atomic mass is 16.5. The number of rotatable bonds is 5. The first-order chi connectivity index (χ1) is 12.0. The van der Waals surface area contributed by atoms with Gasteiger partial charge in [-0.1, -0.05) is 17.3 Å². The van der Waals surface area contributed by atoms with E-state index < -0.39 is 36.1 Å². The summed E-state index contributed by atoms with van der Waals surface area (Å²) in [7, 11) is 0. The van der Waals surface area contributed by atoms with Crippen molar-refractivity contribution >= 4 is 28.5 Å². The predicted octanol–water partition coefficient (Wildman–Crippen LogP) is -0.140. The average Bonchev–Trinajstić information content (AvgIpc) is 3.10. The van der Waals surface area contributed by atoms with E-state index in [1.807, 2.05) is 0 Å². The molecule has 0 aliphatic rings. The lowest BCUT2D eigenvalue weighted by molar-refractivity contribution is -0.148. The van der Waals surface area contributed by atoms with Crippen molar-refractivity contribution in [3.8, 4) is 0 Å². The molecule has 3 rings (SSSR count). The number of anilines is 1. The number of carbonyl (C=O) groups is 2.